The molecule has 0 saturated heterocycles. The van der Waals surface area contributed by atoms with E-state index in [1.54, 1.807) is 20.2 Å². The molecule has 0 unspecified atom stereocenters. The van der Waals surface area contributed by atoms with Crippen LogP contribution in [0.5, 0.6) is 5.75 Å². The molecule has 76 valence electrons. The van der Waals surface area contributed by atoms with Crippen LogP contribution in [0.4, 0.5) is 0 Å². The first kappa shape index (κ1) is 11.2. The van der Waals surface area contributed by atoms with E-state index in [0.29, 0.717) is 6.42 Å². The highest BCUT2D eigenvalue weighted by Crippen LogP contribution is 2.29. The maximum absolute atomic E-state index is 11.0. The van der Waals surface area contributed by atoms with Gasteiger partial charge in [-0.25, -0.2) is 0 Å². The Morgan fingerprint density at radius 3 is 2.79 bits per heavy atom. The van der Waals surface area contributed by atoms with Crippen LogP contribution in [0.15, 0.2) is 10.7 Å². The Morgan fingerprint density at radius 1 is 1.64 bits per heavy atom. The molecule has 0 amide bonds. The zero-order chi connectivity index (χ0) is 10.7. The van der Waals surface area contributed by atoms with Gasteiger partial charge in [0, 0.05) is 18.2 Å². The van der Waals surface area contributed by atoms with Gasteiger partial charge in [-0.3, -0.25) is 9.78 Å². The first-order valence-electron chi connectivity index (χ1n) is 4.23. The summed E-state index contributed by atoms with van der Waals surface area (Å²) in [6, 6.07) is 0. The van der Waals surface area contributed by atoms with Crippen molar-refractivity contribution in [1.29, 1.82) is 0 Å². The number of carbonyl (C=O) groups excluding carboxylic acids is 1. The predicted molar refractivity (Wildman–Crippen MR) is 57.6 cm³/mol. The number of hydrogen-bond donors (Lipinski definition) is 0. The SMILES string of the molecule is COc1c(Br)cnc(CC(C)=O)c1C. The number of halogens is 1. The van der Waals surface area contributed by atoms with Crippen molar-refractivity contribution < 1.29 is 9.53 Å². The topological polar surface area (TPSA) is 39.2 Å². The lowest BCUT2D eigenvalue weighted by Gasteiger charge is -2.09. The van der Waals surface area contributed by atoms with Gasteiger partial charge in [-0.2, -0.15) is 0 Å². The molecule has 0 fully saturated rings. The van der Waals surface area contributed by atoms with Crippen LogP contribution in [0.3, 0.4) is 0 Å². The summed E-state index contributed by atoms with van der Waals surface area (Å²) in [6.45, 7) is 3.45. The third kappa shape index (κ3) is 2.32. The lowest BCUT2D eigenvalue weighted by molar-refractivity contribution is -0.116. The van der Waals surface area contributed by atoms with Crippen LogP contribution in [-0.4, -0.2) is 17.9 Å². The van der Waals surface area contributed by atoms with E-state index < -0.39 is 0 Å². The second kappa shape index (κ2) is 4.55. The van der Waals surface area contributed by atoms with Gasteiger partial charge in [0.25, 0.3) is 0 Å². The molecule has 0 aliphatic rings. The predicted octanol–water partition coefficient (Wildman–Crippen LogP) is 2.29. The Kier molecular flexibility index (Phi) is 3.63. The van der Waals surface area contributed by atoms with Crippen molar-refractivity contribution in [1.82, 2.24) is 4.98 Å². The average molecular weight is 258 g/mol. The number of nitrogens with zero attached hydrogens (tertiary/aromatic N) is 1. The zero-order valence-corrected chi connectivity index (χ0v) is 10.0. The molecule has 0 spiro atoms. The number of methoxy groups -OCH3 is 1. The van der Waals surface area contributed by atoms with Crippen molar-refractivity contribution >= 4 is 21.7 Å². The van der Waals surface area contributed by atoms with Crippen LogP contribution >= 0.6 is 15.9 Å². The van der Waals surface area contributed by atoms with E-state index in [-0.39, 0.29) is 5.78 Å². The summed E-state index contributed by atoms with van der Waals surface area (Å²) in [6.07, 6.45) is 2.01. The largest absolute Gasteiger partial charge is 0.495 e. The summed E-state index contributed by atoms with van der Waals surface area (Å²) >= 11 is 3.34. The number of rotatable bonds is 3. The van der Waals surface area contributed by atoms with E-state index in [1.807, 2.05) is 6.92 Å². The first-order valence-corrected chi connectivity index (χ1v) is 5.03. The minimum absolute atomic E-state index is 0.102. The van der Waals surface area contributed by atoms with Crippen molar-refractivity contribution in [2.75, 3.05) is 7.11 Å². The Labute approximate surface area is 91.6 Å². The van der Waals surface area contributed by atoms with Gasteiger partial charge in [-0.05, 0) is 29.8 Å². The lowest BCUT2D eigenvalue weighted by atomic mass is 10.1. The molecule has 1 aromatic heterocycles. The fourth-order valence-corrected chi connectivity index (χ4v) is 1.83. The molecule has 0 atom stereocenters. The summed E-state index contributed by atoms with van der Waals surface area (Å²) in [5.74, 6) is 0.848. The van der Waals surface area contributed by atoms with Gasteiger partial charge in [-0.1, -0.05) is 0 Å². The van der Waals surface area contributed by atoms with Gasteiger partial charge in [0.2, 0.25) is 0 Å². The number of aromatic nitrogens is 1. The maximum atomic E-state index is 11.0. The standard InChI is InChI=1S/C10H12BrNO2/c1-6(13)4-9-7(2)10(14-3)8(11)5-12-9/h5H,4H2,1-3H3. The number of hydrogen-bond acceptors (Lipinski definition) is 3. The third-order valence-corrected chi connectivity index (χ3v) is 2.51. The molecule has 0 bridgehead atoms. The number of ether oxygens (including phenoxy) is 1. The van der Waals surface area contributed by atoms with Gasteiger partial charge in [0.15, 0.2) is 0 Å². The van der Waals surface area contributed by atoms with Crippen LogP contribution in [0, 0.1) is 6.92 Å². The lowest BCUT2D eigenvalue weighted by Crippen LogP contribution is -2.03. The van der Waals surface area contributed by atoms with Crippen molar-refractivity contribution in [3.8, 4) is 5.75 Å². The van der Waals surface area contributed by atoms with Crippen LogP contribution in [-0.2, 0) is 11.2 Å². The third-order valence-electron chi connectivity index (χ3n) is 1.94. The average Bonchev–Trinajstić information content (AvgIpc) is 2.10. The van der Waals surface area contributed by atoms with E-state index in [1.165, 1.54) is 0 Å². The molecule has 4 heteroatoms. The van der Waals surface area contributed by atoms with Gasteiger partial charge in [0.1, 0.15) is 11.5 Å². The monoisotopic (exact) mass is 257 g/mol. The van der Waals surface area contributed by atoms with Crippen LogP contribution in [0.2, 0.25) is 0 Å². The number of Topliss-reactive ketones (excluding diaryl/α,β-unsaturated/α-hetero) is 1. The molecule has 0 radical (unpaired) electrons. The molecule has 1 aromatic rings. The van der Waals surface area contributed by atoms with Gasteiger partial charge < -0.3 is 4.74 Å². The quantitative estimate of drug-likeness (QED) is 0.835. The summed E-state index contributed by atoms with van der Waals surface area (Å²) < 4.78 is 6.01. The van der Waals surface area contributed by atoms with E-state index in [9.17, 15) is 4.79 Å². The van der Waals surface area contributed by atoms with Gasteiger partial charge in [0.05, 0.1) is 17.3 Å². The molecule has 0 N–H and O–H groups in total. The molecule has 0 aromatic carbocycles. The Bertz CT molecular complexity index is 363. The van der Waals surface area contributed by atoms with Crippen molar-refractivity contribution in [2.45, 2.75) is 20.3 Å². The number of carbonyl (C=O) groups is 1. The zero-order valence-electron chi connectivity index (χ0n) is 8.43. The van der Waals surface area contributed by atoms with E-state index >= 15 is 0 Å². The fraction of sp³-hybridized carbons (Fsp3) is 0.400. The van der Waals surface area contributed by atoms with Crippen LogP contribution < -0.4 is 4.74 Å². The van der Waals surface area contributed by atoms with Gasteiger partial charge in [-0.15, -0.1) is 0 Å². The summed E-state index contributed by atoms with van der Waals surface area (Å²) in [5.41, 5.74) is 1.69. The minimum atomic E-state index is 0.102. The molecule has 0 saturated carbocycles. The summed E-state index contributed by atoms with van der Waals surface area (Å²) in [5, 5.41) is 0. The Hall–Kier alpha value is -0.900. The molecular formula is C10H12BrNO2. The van der Waals surface area contributed by atoms with Crippen molar-refractivity contribution in [3.05, 3.63) is 21.9 Å². The molecule has 0 aliphatic heterocycles. The minimum Gasteiger partial charge on any atom is -0.495 e. The van der Waals surface area contributed by atoms with E-state index in [2.05, 4.69) is 20.9 Å². The van der Waals surface area contributed by atoms with Gasteiger partial charge >= 0.3 is 0 Å². The molecule has 1 rings (SSSR count). The van der Waals surface area contributed by atoms with Crippen molar-refractivity contribution in [2.24, 2.45) is 0 Å². The maximum Gasteiger partial charge on any atom is 0.139 e. The highest BCUT2D eigenvalue weighted by molar-refractivity contribution is 9.10. The highest BCUT2D eigenvalue weighted by Gasteiger charge is 2.11. The summed E-state index contributed by atoms with van der Waals surface area (Å²) in [7, 11) is 1.60. The number of pyridine rings is 1. The molecule has 0 aliphatic carbocycles. The van der Waals surface area contributed by atoms with E-state index in [0.717, 1.165) is 21.5 Å². The van der Waals surface area contributed by atoms with Crippen LogP contribution in [0.25, 0.3) is 0 Å². The first-order chi connectivity index (χ1) is 6.56. The highest BCUT2D eigenvalue weighted by atomic mass is 79.9. The summed E-state index contributed by atoms with van der Waals surface area (Å²) in [4.78, 5) is 15.1. The molecule has 1 heterocycles. The smallest absolute Gasteiger partial charge is 0.139 e. The number of ketones is 1. The molecular weight excluding hydrogens is 246 g/mol. The molecule has 14 heavy (non-hydrogen) atoms. The molecule has 3 nitrogen and oxygen atoms in total. The van der Waals surface area contributed by atoms with E-state index in [4.69, 9.17) is 4.74 Å². The second-order valence-corrected chi connectivity index (χ2v) is 3.94. The Morgan fingerprint density at radius 2 is 2.29 bits per heavy atom. The second-order valence-electron chi connectivity index (χ2n) is 3.09. The van der Waals surface area contributed by atoms with Crippen molar-refractivity contribution in [3.63, 3.8) is 0 Å². The normalized spacial score (nSPS) is 10.0. The van der Waals surface area contributed by atoms with Crippen LogP contribution in [0.1, 0.15) is 18.2 Å². The Balaban J connectivity index is 3.14. The fourth-order valence-electron chi connectivity index (χ4n) is 1.26.